The van der Waals surface area contributed by atoms with E-state index in [-0.39, 0.29) is 12.0 Å². The molecule has 0 spiro atoms. The van der Waals surface area contributed by atoms with E-state index in [9.17, 15) is 4.79 Å². The maximum absolute atomic E-state index is 12.2. The van der Waals surface area contributed by atoms with Crippen molar-refractivity contribution in [2.45, 2.75) is 13.0 Å². The molecule has 0 bridgehead atoms. The number of hydrogen-bond acceptors (Lipinski definition) is 7. The smallest absolute Gasteiger partial charge is 0.326 e. The maximum atomic E-state index is 12.2. The zero-order valence-corrected chi connectivity index (χ0v) is 17.0. The summed E-state index contributed by atoms with van der Waals surface area (Å²) in [6.07, 6.45) is 8.36. The minimum atomic E-state index is -0.459. The summed E-state index contributed by atoms with van der Waals surface area (Å²) in [4.78, 5) is 29.1. The molecule has 1 atom stereocenters. The Hall–Kier alpha value is -4.27. The third kappa shape index (κ3) is 4.84. The molecule has 0 fully saturated rings. The number of methoxy groups -OCH3 is 1. The quantitative estimate of drug-likeness (QED) is 0.431. The summed E-state index contributed by atoms with van der Waals surface area (Å²) in [6, 6.07) is 10.7. The van der Waals surface area contributed by atoms with Gasteiger partial charge in [-0.15, -0.1) is 0 Å². The Balaban J connectivity index is 1.56. The molecule has 1 unspecified atom stereocenters. The fourth-order valence-corrected chi connectivity index (χ4v) is 3.08. The van der Waals surface area contributed by atoms with Crippen LogP contribution in [0.1, 0.15) is 18.5 Å². The molecular formula is C22H21N7O2. The second-order valence-electron chi connectivity index (χ2n) is 6.78. The van der Waals surface area contributed by atoms with Gasteiger partial charge in [-0.3, -0.25) is 15.3 Å². The summed E-state index contributed by atoms with van der Waals surface area (Å²) in [5, 5.41) is 9.49. The third-order valence-corrected chi connectivity index (χ3v) is 4.59. The molecule has 1 aromatic carbocycles. The molecular weight excluding hydrogens is 394 g/mol. The van der Waals surface area contributed by atoms with Crippen molar-refractivity contribution >= 4 is 34.3 Å². The summed E-state index contributed by atoms with van der Waals surface area (Å²) in [7, 11) is 1.59. The molecule has 156 valence electrons. The molecule has 0 aliphatic heterocycles. The summed E-state index contributed by atoms with van der Waals surface area (Å²) in [5.41, 5.74) is 3.08. The summed E-state index contributed by atoms with van der Waals surface area (Å²) in [6.45, 7) is 2.05. The number of pyridine rings is 2. The van der Waals surface area contributed by atoms with Crippen molar-refractivity contribution in [2.75, 3.05) is 23.1 Å². The van der Waals surface area contributed by atoms with Gasteiger partial charge in [0, 0.05) is 36.5 Å². The Kier molecular flexibility index (Phi) is 5.84. The van der Waals surface area contributed by atoms with E-state index in [1.165, 1.54) is 0 Å². The van der Waals surface area contributed by atoms with Crippen molar-refractivity contribution < 1.29 is 9.53 Å². The van der Waals surface area contributed by atoms with Gasteiger partial charge >= 0.3 is 6.03 Å². The number of hydrogen-bond donors (Lipinski definition) is 3. The Labute approximate surface area is 178 Å². The number of carbonyl (C=O) groups excluding carboxylic acids is 1. The number of anilines is 3. The lowest BCUT2D eigenvalue weighted by Gasteiger charge is -2.17. The highest BCUT2D eigenvalue weighted by Crippen LogP contribution is 2.30. The summed E-state index contributed by atoms with van der Waals surface area (Å²) >= 11 is 0. The lowest BCUT2D eigenvalue weighted by molar-refractivity contribution is 0.262. The Morgan fingerprint density at radius 3 is 2.52 bits per heavy atom. The summed E-state index contributed by atoms with van der Waals surface area (Å²) in [5.74, 6) is 0.804. The van der Waals surface area contributed by atoms with Gasteiger partial charge < -0.3 is 15.4 Å². The summed E-state index contributed by atoms with van der Waals surface area (Å²) < 4.78 is 5.52. The molecule has 3 aromatic heterocycles. The van der Waals surface area contributed by atoms with Gasteiger partial charge in [0.2, 0.25) is 5.95 Å². The Morgan fingerprint density at radius 2 is 1.81 bits per heavy atom. The van der Waals surface area contributed by atoms with E-state index >= 15 is 0 Å². The average molecular weight is 415 g/mol. The van der Waals surface area contributed by atoms with Crippen molar-refractivity contribution in [1.29, 1.82) is 0 Å². The van der Waals surface area contributed by atoms with Crippen LogP contribution >= 0.6 is 0 Å². The molecule has 4 rings (SSSR count). The van der Waals surface area contributed by atoms with Gasteiger partial charge in [-0.1, -0.05) is 6.07 Å². The molecule has 0 aliphatic rings. The molecule has 0 radical (unpaired) electrons. The van der Waals surface area contributed by atoms with Crippen LogP contribution in [0.2, 0.25) is 0 Å². The number of rotatable bonds is 6. The number of urea groups is 1. The van der Waals surface area contributed by atoms with Crippen LogP contribution in [0.4, 0.5) is 22.1 Å². The highest BCUT2D eigenvalue weighted by Gasteiger charge is 2.12. The van der Waals surface area contributed by atoms with Crippen LogP contribution in [-0.4, -0.2) is 33.1 Å². The Bertz CT molecular complexity index is 1190. The SMILES string of the molecule is COc1cc(NC(C)c2cccnc2)cc2nc(NC(=O)Nc3cccnc3)ncc12. The molecule has 3 N–H and O–H groups in total. The van der Waals surface area contributed by atoms with Crippen LogP contribution in [0.3, 0.4) is 0 Å². The minimum absolute atomic E-state index is 0.0283. The number of nitrogens with zero attached hydrogens (tertiary/aromatic N) is 4. The number of benzene rings is 1. The van der Waals surface area contributed by atoms with E-state index in [2.05, 4.69) is 35.9 Å². The minimum Gasteiger partial charge on any atom is -0.496 e. The van der Waals surface area contributed by atoms with Crippen molar-refractivity contribution in [3.05, 3.63) is 72.9 Å². The molecule has 9 nitrogen and oxygen atoms in total. The monoisotopic (exact) mass is 415 g/mol. The maximum Gasteiger partial charge on any atom is 0.326 e. The zero-order valence-electron chi connectivity index (χ0n) is 17.0. The highest BCUT2D eigenvalue weighted by atomic mass is 16.5. The number of carbonyl (C=O) groups is 1. The first-order valence-electron chi connectivity index (χ1n) is 9.61. The molecule has 9 heteroatoms. The zero-order chi connectivity index (χ0) is 21.6. The van der Waals surface area contributed by atoms with E-state index in [1.807, 2.05) is 37.4 Å². The van der Waals surface area contributed by atoms with Gasteiger partial charge in [0.1, 0.15) is 5.75 Å². The van der Waals surface area contributed by atoms with Crippen molar-refractivity contribution in [3.63, 3.8) is 0 Å². The van der Waals surface area contributed by atoms with E-state index in [4.69, 9.17) is 4.74 Å². The van der Waals surface area contributed by atoms with E-state index in [0.717, 1.165) is 16.6 Å². The van der Waals surface area contributed by atoms with Crippen LogP contribution < -0.4 is 20.7 Å². The van der Waals surface area contributed by atoms with Gasteiger partial charge in [0.05, 0.1) is 35.9 Å². The predicted octanol–water partition coefficient (Wildman–Crippen LogP) is 4.25. The van der Waals surface area contributed by atoms with Crippen LogP contribution in [0.25, 0.3) is 10.9 Å². The van der Waals surface area contributed by atoms with Gasteiger partial charge in [0.15, 0.2) is 0 Å². The average Bonchev–Trinajstić information content (AvgIpc) is 2.79. The standard InChI is InChI=1S/C22H21N7O2/c1-14(15-5-3-7-23-11-15)26-17-9-19-18(20(10-17)31-2)13-25-21(28-19)29-22(30)27-16-6-4-8-24-12-16/h3-14,26H,1-2H3,(H2,25,27,28,29,30). The van der Waals surface area contributed by atoms with Gasteiger partial charge in [0.25, 0.3) is 0 Å². The fourth-order valence-electron chi connectivity index (χ4n) is 3.08. The molecule has 3 heterocycles. The highest BCUT2D eigenvalue weighted by molar-refractivity contribution is 5.99. The lowest BCUT2D eigenvalue weighted by Crippen LogP contribution is -2.20. The first kappa shape index (κ1) is 20.0. The lowest BCUT2D eigenvalue weighted by atomic mass is 10.1. The van der Waals surface area contributed by atoms with E-state index < -0.39 is 6.03 Å². The number of nitrogens with one attached hydrogen (secondary N) is 3. The van der Waals surface area contributed by atoms with Crippen molar-refractivity contribution in [2.24, 2.45) is 0 Å². The Morgan fingerprint density at radius 1 is 1.00 bits per heavy atom. The number of aromatic nitrogens is 4. The number of amides is 2. The number of ether oxygens (including phenoxy) is 1. The van der Waals surface area contributed by atoms with Gasteiger partial charge in [-0.05, 0) is 36.8 Å². The molecule has 0 saturated heterocycles. The van der Waals surface area contributed by atoms with Crippen LogP contribution in [-0.2, 0) is 0 Å². The molecule has 2 amide bonds. The number of fused-ring (bicyclic) bond motifs is 1. The predicted molar refractivity (Wildman–Crippen MR) is 119 cm³/mol. The normalized spacial score (nSPS) is 11.5. The molecule has 4 aromatic rings. The van der Waals surface area contributed by atoms with Gasteiger partial charge in [-0.25, -0.2) is 14.8 Å². The van der Waals surface area contributed by atoms with Crippen LogP contribution in [0.5, 0.6) is 5.75 Å². The van der Waals surface area contributed by atoms with Crippen LogP contribution in [0, 0.1) is 0 Å². The van der Waals surface area contributed by atoms with E-state index in [1.54, 1.807) is 44.0 Å². The van der Waals surface area contributed by atoms with Crippen LogP contribution in [0.15, 0.2) is 67.4 Å². The molecule has 0 aliphatic carbocycles. The molecule has 0 saturated carbocycles. The van der Waals surface area contributed by atoms with Gasteiger partial charge in [-0.2, -0.15) is 0 Å². The fraction of sp³-hybridized carbons (Fsp3) is 0.136. The largest absolute Gasteiger partial charge is 0.496 e. The topological polar surface area (TPSA) is 114 Å². The third-order valence-electron chi connectivity index (χ3n) is 4.59. The first-order valence-corrected chi connectivity index (χ1v) is 9.61. The van der Waals surface area contributed by atoms with Crippen molar-refractivity contribution in [3.8, 4) is 5.75 Å². The molecule has 31 heavy (non-hydrogen) atoms. The second-order valence-corrected chi connectivity index (χ2v) is 6.78. The van der Waals surface area contributed by atoms with E-state index in [0.29, 0.717) is 17.0 Å². The first-order chi connectivity index (χ1) is 15.1. The van der Waals surface area contributed by atoms with Crippen molar-refractivity contribution in [1.82, 2.24) is 19.9 Å². The second kappa shape index (κ2) is 9.04.